The zero-order chi connectivity index (χ0) is 9.68. The molecule has 0 unspecified atom stereocenters. The van der Waals surface area contributed by atoms with Crippen LogP contribution >= 0.6 is 35.3 Å². The molecule has 1 N–H and O–H groups in total. The van der Waals surface area contributed by atoms with Gasteiger partial charge < -0.3 is 10.2 Å². The molecule has 82 valence electrons. The molecule has 0 aliphatic heterocycles. The van der Waals surface area contributed by atoms with E-state index in [0.29, 0.717) is 0 Å². The van der Waals surface area contributed by atoms with Crippen molar-refractivity contribution in [2.24, 2.45) is 0 Å². The second-order valence-corrected chi connectivity index (χ2v) is 4.50. The second-order valence-electron chi connectivity index (χ2n) is 3.07. The van der Waals surface area contributed by atoms with Gasteiger partial charge in [0.25, 0.3) is 0 Å². The highest BCUT2D eigenvalue weighted by Gasteiger charge is 2.01. The number of thiophene rings is 1. The Bertz CT molecular complexity index is 253. The number of likely N-dealkylation sites (N-methyl/N-ethyl adjacent to an activating group) is 2. The minimum atomic E-state index is 0. The molecule has 0 bridgehead atoms. The van der Waals surface area contributed by atoms with Crippen LogP contribution in [0.2, 0.25) is 5.02 Å². The van der Waals surface area contributed by atoms with E-state index < -0.39 is 0 Å². The molecule has 1 heterocycles. The highest BCUT2D eigenvalue weighted by Crippen LogP contribution is 2.19. The summed E-state index contributed by atoms with van der Waals surface area (Å²) < 4.78 is 0. The molecular formula is C9H16Cl2N2S. The Morgan fingerprint density at radius 2 is 2.29 bits per heavy atom. The molecule has 0 radical (unpaired) electrons. The normalized spacial score (nSPS) is 10.3. The van der Waals surface area contributed by atoms with Crippen LogP contribution < -0.4 is 5.32 Å². The van der Waals surface area contributed by atoms with Gasteiger partial charge in [0.05, 0.1) is 5.02 Å². The van der Waals surface area contributed by atoms with Crippen molar-refractivity contribution in [2.75, 3.05) is 27.2 Å². The lowest BCUT2D eigenvalue weighted by Gasteiger charge is -2.14. The molecule has 2 nitrogen and oxygen atoms in total. The lowest BCUT2D eigenvalue weighted by molar-refractivity contribution is 0.331. The first-order valence-electron chi connectivity index (χ1n) is 4.28. The molecule has 0 saturated carbocycles. The maximum atomic E-state index is 5.83. The van der Waals surface area contributed by atoms with Gasteiger partial charge in [-0.1, -0.05) is 11.6 Å². The SMILES string of the molecule is CNCCN(C)Cc1cc(Cl)cs1.Cl. The molecule has 1 aromatic rings. The van der Waals surface area contributed by atoms with Crippen molar-refractivity contribution in [3.8, 4) is 0 Å². The van der Waals surface area contributed by atoms with Crippen molar-refractivity contribution in [1.29, 1.82) is 0 Å². The van der Waals surface area contributed by atoms with Gasteiger partial charge in [-0.25, -0.2) is 0 Å². The third-order valence-electron chi connectivity index (χ3n) is 1.79. The molecule has 0 saturated heterocycles. The van der Waals surface area contributed by atoms with Crippen molar-refractivity contribution in [3.63, 3.8) is 0 Å². The predicted octanol–water partition coefficient (Wildman–Crippen LogP) is 2.47. The smallest absolute Gasteiger partial charge is 0.0516 e. The number of hydrogen-bond donors (Lipinski definition) is 1. The highest BCUT2D eigenvalue weighted by atomic mass is 35.5. The molecular weight excluding hydrogens is 239 g/mol. The molecule has 0 aliphatic carbocycles. The van der Waals surface area contributed by atoms with Gasteiger partial charge in [0.15, 0.2) is 0 Å². The summed E-state index contributed by atoms with van der Waals surface area (Å²) in [5.74, 6) is 0. The van der Waals surface area contributed by atoms with Gasteiger partial charge in [0.2, 0.25) is 0 Å². The van der Waals surface area contributed by atoms with Gasteiger partial charge in [0, 0.05) is 29.9 Å². The Balaban J connectivity index is 0.00000169. The minimum Gasteiger partial charge on any atom is -0.318 e. The monoisotopic (exact) mass is 254 g/mol. The zero-order valence-electron chi connectivity index (χ0n) is 8.42. The van der Waals surface area contributed by atoms with Crippen LogP contribution in [-0.4, -0.2) is 32.1 Å². The molecule has 0 spiro atoms. The van der Waals surface area contributed by atoms with E-state index in [0.717, 1.165) is 24.7 Å². The summed E-state index contributed by atoms with van der Waals surface area (Å²) in [6, 6.07) is 2.03. The van der Waals surface area contributed by atoms with E-state index in [9.17, 15) is 0 Å². The summed E-state index contributed by atoms with van der Waals surface area (Å²) in [6.07, 6.45) is 0. The Morgan fingerprint density at radius 1 is 1.57 bits per heavy atom. The summed E-state index contributed by atoms with van der Waals surface area (Å²) in [5, 5.41) is 5.95. The van der Waals surface area contributed by atoms with Gasteiger partial charge >= 0.3 is 0 Å². The maximum absolute atomic E-state index is 5.83. The van der Waals surface area contributed by atoms with Gasteiger partial charge in [0.1, 0.15) is 0 Å². The number of hydrogen-bond acceptors (Lipinski definition) is 3. The fraction of sp³-hybridized carbons (Fsp3) is 0.556. The van der Waals surface area contributed by atoms with Crippen LogP contribution in [0.25, 0.3) is 0 Å². The van der Waals surface area contributed by atoms with E-state index in [1.165, 1.54) is 4.88 Å². The van der Waals surface area contributed by atoms with Crippen LogP contribution in [0.1, 0.15) is 4.88 Å². The number of nitrogens with one attached hydrogen (secondary N) is 1. The molecule has 0 aliphatic rings. The van der Waals surface area contributed by atoms with Crippen molar-refractivity contribution < 1.29 is 0 Å². The van der Waals surface area contributed by atoms with Crippen molar-refractivity contribution >= 4 is 35.3 Å². The number of halogens is 2. The van der Waals surface area contributed by atoms with Crippen molar-refractivity contribution in [3.05, 3.63) is 21.3 Å². The Labute approximate surface area is 101 Å². The molecule has 14 heavy (non-hydrogen) atoms. The van der Waals surface area contributed by atoms with E-state index in [2.05, 4.69) is 17.3 Å². The van der Waals surface area contributed by atoms with E-state index in [4.69, 9.17) is 11.6 Å². The van der Waals surface area contributed by atoms with Gasteiger partial charge in [-0.3, -0.25) is 0 Å². The van der Waals surface area contributed by atoms with Crippen LogP contribution in [0.15, 0.2) is 11.4 Å². The third kappa shape index (κ3) is 5.17. The van der Waals surface area contributed by atoms with Crippen molar-refractivity contribution in [1.82, 2.24) is 10.2 Å². The zero-order valence-corrected chi connectivity index (χ0v) is 10.8. The Hall–Kier alpha value is 0.200. The predicted molar refractivity (Wildman–Crippen MR) is 66.8 cm³/mol. The quantitative estimate of drug-likeness (QED) is 0.869. The average molecular weight is 255 g/mol. The second kappa shape index (κ2) is 7.49. The van der Waals surface area contributed by atoms with Crippen molar-refractivity contribution in [2.45, 2.75) is 6.54 Å². The van der Waals surface area contributed by atoms with Crippen LogP contribution in [0.4, 0.5) is 0 Å². The summed E-state index contributed by atoms with van der Waals surface area (Å²) in [6.45, 7) is 3.07. The van der Waals surface area contributed by atoms with Gasteiger partial charge in [-0.15, -0.1) is 23.7 Å². The molecule has 0 fully saturated rings. The first kappa shape index (κ1) is 14.2. The Kier molecular flexibility index (Phi) is 7.59. The standard InChI is InChI=1S/C9H15ClN2S.ClH/c1-11-3-4-12(2)6-9-5-8(10)7-13-9;/h5,7,11H,3-4,6H2,1-2H3;1H. The largest absolute Gasteiger partial charge is 0.318 e. The third-order valence-corrected chi connectivity index (χ3v) is 3.06. The fourth-order valence-corrected chi connectivity index (χ4v) is 2.24. The molecule has 1 rings (SSSR count). The molecule has 1 aromatic heterocycles. The van der Waals surface area contributed by atoms with E-state index in [-0.39, 0.29) is 12.4 Å². The van der Waals surface area contributed by atoms with Crippen LogP contribution in [0.5, 0.6) is 0 Å². The first-order valence-corrected chi connectivity index (χ1v) is 5.54. The first-order chi connectivity index (χ1) is 6.22. The summed E-state index contributed by atoms with van der Waals surface area (Å²) in [4.78, 5) is 3.60. The lowest BCUT2D eigenvalue weighted by Crippen LogP contribution is -2.26. The van der Waals surface area contributed by atoms with E-state index in [1.807, 2.05) is 18.5 Å². The number of rotatable bonds is 5. The highest BCUT2D eigenvalue weighted by molar-refractivity contribution is 7.10. The van der Waals surface area contributed by atoms with Gasteiger partial charge in [-0.2, -0.15) is 0 Å². The molecule has 0 amide bonds. The summed E-state index contributed by atoms with van der Waals surface area (Å²) in [5.41, 5.74) is 0. The fourth-order valence-electron chi connectivity index (χ4n) is 1.08. The molecule has 0 atom stereocenters. The molecule has 0 aromatic carbocycles. The average Bonchev–Trinajstić information content (AvgIpc) is 2.48. The maximum Gasteiger partial charge on any atom is 0.0516 e. The van der Waals surface area contributed by atoms with Gasteiger partial charge in [-0.05, 0) is 20.2 Å². The lowest BCUT2D eigenvalue weighted by atomic mass is 10.4. The molecule has 5 heteroatoms. The van der Waals surface area contributed by atoms with Crippen LogP contribution in [-0.2, 0) is 6.54 Å². The summed E-state index contributed by atoms with van der Waals surface area (Å²) in [7, 11) is 4.08. The minimum absolute atomic E-state index is 0. The van der Waals surface area contributed by atoms with E-state index >= 15 is 0 Å². The Morgan fingerprint density at radius 3 is 2.79 bits per heavy atom. The topological polar surface area (TPSA) is 15.3 Å². The van der Waals surface area contributed by atoms with Crippen LogP contribution in [0.3, 0.4) is 0 Å². The van der Waals surface area contributed by atoms with Crippen LogP contribution in [0, 0.1) is 0 Å². The summed E-state index contributed by atoms with van der Waals surface area (Å²) >= 11 is 7.55. The number of nitrogens with zero attached hydrogens (tertiary/aromatic N) is 1. The van der Waals surface area contributed by atoms with E-state index in [1.54, 1.807) is 11.3 Å².